The summed E-state index contributed by atoms with van der Waals surface area (Å²) in [6, 6.07) is 22.9. The lowest BCUT2D eigenvalue weighted by Crippen LogP contribution is -2.54. The Morgan fingerprint density at radius 2 is 1.62 bits per heavy atom. The third-order valence-electron chi connectivity index (χ3n) is 6.62. The average molecular weight is 502 g/mol. The van der Waals surface area contributed by atoms with Crippen LogP contribution in [0.25, 0.3) is 0 Å². The van der Waals surface area contributed by atoms with Gasteiger partial charge in [0.25, 0.3) is 0 Å². The molecule has 3 N–H and O–H groups in total. The first-order chi connectivity index (χ1) is 18.0. The zero-order valence-electron chi connectivity index (χ0n) is 21.3. The zero-order valence-corrected chi connectivity index (χ0v) is 21.3. The van der Waals surface area contributed by atoms with Crippen LogP contribution in [0.2, 0.25) is 0 Å². The monoisotopic (exact) mass is 501 g/mol. The van der Waals surface area contributed by atoms with Crippen LogP contribution in [0.3, 0.4) is 0 Å². The van der Waals surface area contributed by atoms with E-state index in [1.807, 2.05) is 65.6 Å². The van der Waals surface area contributed by atoms with Gasteiger partial charge in [-0.15, -0.1) is 0 Å². The van der Waals surface area contributed by atoms with Gasteiger partial charge in [-0.05, 0) is 60.2 Å². The number of aryl methyl sites for hydroxylation is 1. The number of carbonyl (C=O) groups is 2. The second-order valence-electron chi connectivity index (χ2n) is 9.37. The SMILES string of the molecule is CC(=O)NCCc1ccccc1Oc1ccccc1CCC(=O)N1CCNC[C@H]1Cc1ccc(O)cc1. The van der Waals surface area contributed by atoms with Crippen molar-refractivity contribution in [2.75, 3.05) is 26.2 Å². The molecule has 0 spiro atoms. The van der Waals surface area contributed by atoms with Crippen molar-refractivity contribution in [2.45, 2.75) is 38.6 Å². The molecule has 0 aromatic heterocycles. The Morgan fingerprint density at radius 1 is 0.973 bits per heavy atom. The van der Waals surface area contributed by atoms with Gasteiger partial charge in [0.1, 0.15) is 17.2 Å². The van der Waals surface area contributed by atoms with Gasteiger partial charge >= 0.3 is 0 Å². The summed E-state index contributed by atoms with van der Waals surface area (Å²) in [7, 11) is 0. The van der Waals surface area contributed by atoms with Crippen LogP contribution in [0.4, 0.5) is 0 Å². The second-order valence-corrected chi connectivity index (χ2v) is 9.37. The number of piperazine rings is 1. The second kappa shape index (κ2) is 12.9. The van der Waals surface area contributed by atoms with E-state index >= 15 is 0 Å². The summed E-state index contributed by atoms with van der Waals surface area (Å²) in [6.45, 7) is 4.27. The number of amides is 2. The molecule has 37 heavy (non-hydrogen) atoms. The normalized spacial score (nSPS) is 15.3. The molecule has 3 aromatic carbocycles. The average Bonchev–Trinajstić information content (AvgIpc) is 2.90. The lowest BCUT2D eigenvalue weighted by Gasteiger charge is -2.36. The summed E-state index contributed by atoms with van der Waals surface area (Å²) in [5.41, 5.74) is 3.10. The van der Waals surface area contributed by atoms with Crippen LogP contribution < -0.4 is 15.4 Å². The molecule has 194 valence electrons. The number of aromatic hydroxyl groups is 1. The van der Waals surface area contributed by atoms with Crippen molar-refractivity contribution in [3.63, 3.8) is 0 Å². The van der Waals surface area contributed by atoms with Crippen molar-refractivity contribution in [2.24, 2.45) is 0 Å². The summed E-state index contributed by atoms with van der Waals surface area (Å²) in [5, 5.41) is 15.8. The Morgan fingerprint density at radius 3 is 2.30 bits per heavy atom. The van der Waals surface area contributed by atoms with Gasteiger partial charge in [-0.1, -0.05) is 48.5 Å². The van der Waals surface area contributed by atoms with E-state index < -0.39 is 0 Å². The van der Waals surface area contributed by atoms with Gasteiger partial charge in [0.2, 0.25) is 11.8 Å². The molecule has 1 atom stereocenters. The fourth-order valence-electron chi connectivity index (χ4n) is 4.67. The third kappa shape index (κ3) is 7.57. The minimum Gasteiger partial charge on any atom is -0.508 e. The number of para-hydroxylation sites is 2. The minimum absolute atomic E-state index is 0.0526. The van der Waals surface area contributed by atoms with Gasteiger partial charge in [0.15, 0.2) is 0 Å². The summed E-state index contributed by atoms with van der Waals surface area (Å²) in [6.07, 6.45) is 2.39. The number of phenolic OH excluding ortho intramolecular Hbond substituents is 1. The number of nitrogens with one attached hydrogen (secondary N) is 2. The van der Waals surface area contributed by atoms with Gasteiger partial charge in [0, 0.05) is 45.6 Å². The Hall–Kier alpha value is -3.84. The van der Waals surface area contributed by atoms with Gasteiger partial charge < -0.3 is 25.4 Å². The van der Waals surface area contributed by atoms with Gasteiger partial charge in [0.05, 0.1) is 0 Å². The van der Waals surface area contributed by atoms with E-state index in [4.69, 9.17) is 4.74 Å². The van der Waals surface area contributed by atoms with E-state index in [9.17, 15) is 14.7 Å². The number of rotatable bonds is 10. The molecule has 0 unspecified atom stereocenters. The molecule has 4 rings (SSSR count). The molecule has 1 aliphatic heterocycles. The first-order valence-corrected chi connectivity index (χ1v) is 12.9. The number of ether oxygens (including phenoxy) is 1. The molecule has 1 saturated heterocycles. The standard InChI is InChI=1S/C30H35N3O4/c1-22(34)32-17-16-25-7-3-5-9-29(25)37-28-8-4-2-6-24(28)12-15-30(36)33-19-18-31-21-26(33)20-23-10-13-27(35)14-11-23/h2-11,13-14,26,31,35H,12,15-21H2,1H3,(H,32,34)/t26-/m1/s1. The molecule has 1 fully saturated rings. The molecule has 3 aromatic rings. The maximum atomic E-state index is 13.3. The highest BCUT2D eigenvalue weighted by atomic mass is 16.5. The molecule has 0 bridgehead atoms. The van der Waals surface area contributed by atoms with Crippen molar-refractivity contribution in [3.05, 3.63) is 89.5 Å². The van der Waals surface area contributed by atoms with Gasteiger partial charge in [-0.2, -0.15) is 0 Å². The van der Waals surface area contributed by atoms with Crippen LogP contribution >= 0.6 is 0 Å². The molecule has 7 heteroatoms. The van der Waals surface area contributed by atoms with Crippen molar-refractivity contribution >= 4 is 11.8 Å². The molecule has 2 amide bonds. The van der Waals surface area contributed by atoms with E-state index in [1.54, 1.807) is 12.1 Å². The number of nitrogens with zero attached hydrogens (tertiary/aromatic N) is 1. The van der Waals surface area contributed by atoms with Crippen molar-refractivity contribution in [1.82, 2.24) is 15.5 Å². The fraction of sp³-hybridized carbons (Fsp3) is 0.333. The van der Waals surface area contributed by atoms with Crippen LogP contribution in [0.1, 0.15) is 30.0 Å². The predicted molar refractivity (Wildman–Crippen MR) is 144 cm³/mol. The third-order valence-corrected chi connectivity index (χ3v) is 6.62. The Balaban J connectivity index is 1.40. The van der Waals surface area contributed by atoms with E-state index in [0.717, 1.165) is 47.7 Å². The van der Waals surface area contributed by atoms with Crippen molar-refractivity contribution in [3.8, 4) is 17.2 Å². The lowest BCUT2D eigenvalue weighted by atomic mass is 10.0. The molecular weight excluding hydrogens is 466 g/mol. The van der Waals surface area contributed by atoms with E-state index in [-0.39, 0.29) is 23.6 Å². The Labute approximate surface area is 218 Å². The number of phenols is 1. The molecule has 7 nitrogen and oxygen atoms in total. The molecule has 0 saturated carbocycles. The van der Waals surface area contributed by atoms with Crippen LogP contribution in [0.15, 0.2) is 72.8 Å². The van der Waals surface area contributed by atoms with Crippen molar-refractivity contribution in [1.29, 1.82) is 0 Å². The van der Waals surface area contributed by atoms with Gasteiger partial charge in [-0.25, -0.2) is 0 Å². The first-order valence-electron chi connectivity index (χ1n) is 12.9. The number of hydrogen-bond acceptors (Lipinski definition) is 5. The summed E-state index contributed by atoms with van der Waals surface area (Å²) in [4.78, 5) is 26.5. The summed E-state index contributed by atoms with van der Waals surface area (Å²) in [5.74, 6) is 1.82. The number of carbonyl (C=O) groups excluding carboxylic acids is 2. The molecule has 0 aliphatic carbocycles. The molecule has 1 aliphatic rings. The van der Waals surface area contributed by atoms with Crippen LogP contribution in [-0.2, 0) is 28.9 Å². The van der Waals surface area contributed by atoms with Crippen LogP contribution in [0, 0.1) is 0 Å². The van der Waals surface area contributed by atoms with E-state index in [0.29, 0.717) is 32.4 Å². The smallest absolute Gasteiger partial charge is 0.223 e. The fourth-order valence-corrected chi connectivity index (χ4v) is 4.67. The minimum atomic E-state index is -0.0526. The highest BCUT2D eigenvalue weighted by Gasteiger charge is 2.26. The van der Waals surface area contributed by atoms with E-state index in [1.165, 1.54) is 6.92 Å². The zero-order chi connectivity index (χ0) is 26.0. The van der Waals surface area contributed by atoms with Crippen molar-refractivity contribution < 1.29 is 19.4 Å². The maximum absolute atomic E-state index is 13.3. The number of hydrogen-bond donors (Lipinski definition) is 3. The first kappa shape index (κ1) is 26.2. The molecule has 0 radical (unpaired) electrons. The largest absolute Gasteiger partial charge is 0.508 e. The molecule has 1 heterocycles. The highest BCUT2D eigenvalue weighted by Crippen LogP contribution is 2.29. The van der Waals surface area contributed by atoms with Crippen LogP contribution in [-0.4, -0.2) is 54.0 Å². The highest BCUT2D eigenvalue weighted by molar-refractivity contribution is 5.77. The topological polar surface area (TPSA) is 90.9 Å². The van der Waals surface area contributed by atoms with Gasteiger partial charge in [-0.3, -0.25) is 9.59 Å². The Kier molecular flexibility index (Phi) is 9.16. The Bertz CT molecular complexity index is 1200. The lowest BCUT2D eigenvalue weighted by molar-refractivity contribution is -0.134. The van der Waals surface area contributed by atoms with E-state index in [2.05, 4.69) is 10.6 Å². The maximum Gasteiger partial charge on any atom is 0.223 e. The quantitative estimate of drug-likeness (QED) is 0.393. The summed E-state index contributed by atoms with van der Waals surface area (Å²) >= 11 is 0. The summed E-state index contributed by atoms with van der Waals surface area (Å²) < 4.78 is 6.32. The molecular formula is C30H35N3O4. The van der Waals surface area contributed by atoms with Crippen LogP contribution in [0.5, 0.6) is 17.2 Å². The predicted octanol–water partition coefficient (Wildman–Crippen LogP) is 3.84. The number of benzene rings is 3.